The molecule has 0 heterocycles. The molecule has 3 nitrogen and oxygen atoms in total. The average molecular weight is 292 g/mol. The van der Waals surface area contributed by atoms with E-state index < -0.39 is 23.9 Å². The largest absolute Gasteiger partial charge is 0.496 e. The van der Waals surface area contributed by atoms with Gasteiger partial charge in [0.05, 0.1) is 24.9 Å². The second kappa shape index (κ2) is 6.45. The van der Waals surface area contributed by atoms with Crippen LogP contribution in [0.1, 0.15) is 37.3 Å². The number of aliphatic hydroxyl groups excluding tert-OH is 2. The zero-order valence-electron chi connectivity index (χ0n) is 11.6. The van der Waals surface area contributed by atoms with Crippen LogP contribution in [0.4, 0.5) is 13.2 Å². The lowest BCUT2D eigenvalue weighted by atomic mass is 9.91. The zero-order valence-corrected chi connectivity index (χ0v) is 11.6. The van der Waals surface area contributed by atoms with Gasteiger partial charge in [-0.05, 0) is 43.0 Å². The van der Waals surface area contributed by atoms with Crippen molar-refractivity contribution >= 4 is 0 Å². The molecule has 0 amide bonds. The molecule has 0 bridgehead atoms. The first-order valence-electron chi connectivity index (χ1n) is 6.28. The fourth-order valence-corrected chi connectivity index (χ4v) is 1.98. The maximum atomic E-state index is 12.7. The van der Waals surface area contributed by atoms with Crippen LogP contribution in [0.15, 0.2) is 18.2 Å². The van der Waals surface area contributed by atoms with Crippen molar-refractivity contribution in [3.8, 4) is 5.75 Å². The third-order valence-electron chi connectivity index (χ3n) is 3.24. The number of benzene rings is 1. The predicted octanol–water partition coefficient (Wildman–Crippen LogP) is 2.95. The van der Waals surface area contributed by atoms with Crippen LogP contribution in [0, 0.1) is 0 Å². The molecular formula is C14H19F3O3. The van der Waals surface area contributed by atoms with Gasteiger partial charge in [0.15, 0.2) is 0 Å². The Morgan fingerprint density at radius 2 is 1.80 bits per heavy atom. The van der Waals surface area contributed by atoms with Crippen molar-refractivity contribution in [3.63, 3.8) is 0 Å². The van der Waals surface area contributed by atoms with Crippen LogP contribution in [0.2, 0.25) is 0 Å². The lowest BCUT2D eigenvalue weighted by Gasteiger charge is -2.21. The van der Waals surface area contributed by atoms with E-state index in [0.717, 1.165) is 12.1 Å². The third-order valence-corrected chi connectivity index (χ3v) is 3.24. The van der Waals surface area contributed by atoms with E-state index in [-0.39, 0.29) is 12.3 Å². The highest BCUT2D eigenvalue weighted by atomic mass is 19.4. The summed E-state index contributed by atoms with van der Waals surface area (Å²) in [7, 11) is 1.38. The molecule has 0 fully saturated rings. The number of halogens is 3. The van der Waals surface area contributed by atoms with Crippen LogP contribution >= 0.6 is 0 Å². The topological polar surface area (TPSA) is 49.7 Å². The minimum atomic E-state index is -4.43. The first-order chi connectivity index (χ1) is 9.16. The van der Waals surface area contributed by atoms with Crippen molar-refractivity contribution in [2.75, 3.05) is 7.11 Å². The van der Waals surface area contributed by atoms with E-state index in [4.69, 9.17) is 4.74 Å². The minimum absolute atomic E-state index is 0.148. The van der Waals surface area contributed by atoms with E-state index in [2.05, 4.69) is 0 Å². The monoisotopic (exact) mass is 292 g/mol. The SMILES string of the molecule is COc1ccc(C(F)(F)F)cc1C(C)CC(O)C(C)O. The summed E-state index contributed by atoms with van der Waals surface area (Å²) in [6.07, 6.45) is -6.21. The molecule has 0 saturated carbocycles. The molecular weight excluding hydrogens is 273 g/mol. The van der Waals surface area contributed by atoms with Crippen molar-refractivity contribution in [1.82, 2.24) is 0 Å². The molecule has 0 radical (unpaired) electrons. The summed E-state index contributed by atoms with van der Waals surface area (Å²) in [5, 5.41) is 18.9. The number of hydrogen-bond acceptors (Lipinski definition) is 3. The van der Waals surface area contributed by atoms with Gasteiger partial charge in [-0.2, -0.15) is 13.2 Å². The fraction of sp³-hybridized carbons (Fsp3) is 0.571. The van der Waals surface area contributed by atoms with Crippen LogP contribution in [0.25, 0.3) is 0 Å². The Morgan fingerprint density at radius 3 is 2.25 bits per heavy atom. The van der Waals surface area contributed by atoms with E-state index in [1.165, 1.54) is 20.1 Å². The van der Waals surface area contributed by atoms with Gasteiger partial charge >= 0.3 is 6.18 Å². The molecule has 2 N–H and O–H groups in total. The summed E-state index contributed by atoms with van der Waals surface area (Å²) < 4.78 is 43.2. The number of aliphatic hydroxyl groups is 2. The zero-order chi connectivity index (χ0) is 15.5. The number of hydrogen-bond donors (Lipinski definition) is 2. The van der Waals surface area contributed by atoms with E-state index in [1.54, 1.807) is 6.92 Å². The van der Waals surface area contributed by atoms with Crippen LogP contribution in [0.3, 0.4) is 0 Å². The molecule has 0 aliphatic heterocycles. The van der Waals surface area contributed by atoms with Crippen LogP contribution in [-0.4, -0.2) is 29.5 Å². The standard InChI is InChI=1S/C14H19F3O3/c1-8(6-12(19)9(2)18)11-7-10(14(15,16)17)4-5-13(11)20-3/h4-5,7-9,12,18-19H,6H2,1-3H3. The Morgan fingerprint density at radius 1 is 1.20 bits per heavy atom. The smallest absolute Gasteiger partial charge is 0.416 e. The highest BCUT2D eigenvalue weighted by molar-refractivity contribution is 5.40. The fourth-order valence-electron chi connectivity index (χ4n) is 1.98. The first-order valence-corrected chi connectivity index (χ1v) is 6.28. The number of methoxy groups -OCH3 is 1. The van der Waals surface area contributed by atoms with Gasteiger partial charge in [0.2, 0.25) is 0 Å². The van der Waals surface area contributed by atoms with E-state index in [1.807, 2.05) is 0 Å². The molecule has 0 aromatic heterocycles. The molecule has 1 aromatic carbocycles. The lowest BCUT2D eigenvalue weighted by molar-refractivity contribution is -0.137. The highest BCUT2D eigenvalue weighted by Crippen LogP contribution is 2.36. The second-order valence-electron chi connectivity index (χ2n) is 4.90. The molecule has 0 aliphatic carbocycles. The van der Waals surface area contributed by atoms with Gasteiger partial charge in [-0.25, -0.2) is 0 Å². The Labute approximate surface area is 116 Å². The van der Waals surface area contributed by atoms with E-state index in [9.17, 15) is 23.4 Å². The normalized spacial score (nSPS) is 16.6. The van der Waals surface area contributed by atoms with E-state index in [0.29, 0.717) is 11.3 Å². The van der Waals surface area contributed by atoms with Crippen molar-refractivity contribution < 1.29 is 28.1 Å². The van der Waals surface area contributed by atoms with Crippen LogP contribution < -0.4 is 4.74 Å². The van der Waals surface area contributed by atoms with Gasteiger partial charge in [0, 0.05) is 0 Å². The van der Waals surface area contributed by atoms with Gasteiger partial charge in [0.1, 0.15) is 5.75 Å². The summed E-state index contributed by atoms with van der Waals surface area (Å²) in [6, 6.07) is 3.25. The molecule has 0 spiro atoms. The third kappa shape index (κ3) is 4.11. The van der Waals surface area contributed by atoms with Gasteiger partial charge in [-0.1, -0.05) is 6.92 Å². The molecule has 1 rings (SSSR count). The molecule has 1 aromatic rings. The lowest BCUT2D eigenvalue weighted by Crippen LogP contribution is -2.24. The van der Waals surface area contributed by atoms with Gasteiger partial charge in [-0.15, -0.1) is 0 Å². The summed E-state index contributed by atoms with van der Waals surface area (Å²) in [4.78, 5) is 0. The Hall–Kier alpha value is -1.27. The summed E-state index contributed by atoms with van der Waals surface area (Å²) in [5.41, 5.74) is -0.395. The van der Waals surface area contributed by atoms with Crippen LogP contribution in [0.5, 0.6) is 5.75 Å². The van der Waals surface area contributed by atoms with Crippen molar-refractivity contribution in [3.05, 3.63) is 29.3 Å². The van der Waals surface area contributed by atoms with Crippen molar-refractivity contribution in [1.29, 1.82) is 0 Å². The quantitative estimate of drug-likeness (QED) is 0.877. The Balaban J connectivity index is 3.07. The Bertz CT molecular complexity index is 444. The maximum Gasteiger partial charge on any atom is 0.416 e. The number of rotatable bonds is 5. The minimum Gasteiger partial charge on any atom is -0.496 e. The van der Waals surface area contributed by atoms with E-state index >= 15 is 0 Å². The van der Waals surface area contributed by atoms with Gasteiger partial charge in [0.25, 0.3) is 0 Å². The van der Waals surface area contributed by atoms with Crippen molar-refractivity contribution in [2.45, 2.75) is 44.6 Å². The molecule has 20 heavy (non-hydrogen) atoms. The van der Waals surface area contributed by atoms with Crippen molar-refractivity contribution in [2.24, 2.45) is 0 Å². The number of alkyl halides is 3. The predicted molar refractivity (Wildman–Crippen MR) is 68.7 cm³/mol. The van der Waals surface area contributed by atoms with Crippen LogP contribution in [-0.2, 0) is 6.18 Å². The second-order valence-corrected chi connectivity index (χ2v) is 4.90. The molecule has 0 saturated heterocycles. The first kappa shape index (κ1) is 16.8. The Kier molecular flexibility index (Phi) is 5.42. The number of ether oxygens (including phenoxy) is 1. The maximum absolute atomic E-state index is 12.7. The molecule has 114 valence electrons. The summed E-state index contributed by atoms with van der Waals surface area (Å²) >= 11 is 0. The average Bonchev–Trinajstić information content (AvgIpc) is 2.36. The molecule has 3 atom stereocenters. The van der Waals surface area contributed by atoms with Gasteiger partial charge < -0.3 is 14.9 Å². The summed E-state index contributed by atoms with van der Waals surface area (Å²) in [6.45, 7) is 3.12. The molecule has 0 aliphatic rings. The van der Waals surface area contributed by atoms with Gasteiger partial charge in [-0.3, -0.25) is 0 Å². The molecule has 6 heteroatoms. The summed E-state index contributed by atoms with van der Waals surface area (Å²) in [5.74, 6) is -0.0415. The highest BCUT2D eigenvalue weighted by Gasteiger charge is 2.32. The molecule has 3 unspecified atom stereocenters.